The van der Waals surface area contributed by atoms with Crippen LogP contribution in [-0.2, 0) is 16.1 Å². The first kappa shape index (κ1) is 19.3. The van der Waals surface area contributed by atoms with Gasteiger partial charge in [0.25, 0.3) is 0 Å². The molecule has 6 heteroatoms. The number of carbonyl (C=O) groups excluding carboxylic acids is 2. The first-order valence-electron chi connectivity index (χ1n) is 7.94. The predicted molar refractivity (Wildman–Crippen MR) is 103 cm³/mol. The predicted octanol–water partition coefficient (Wildman–Crippen LogP) is 3.60. The van der Waals surface area contributed by atoms with Gasteiger partial charge in [-0.25, -0.2) is 0 Å². The number of nitrogens with one attached hydrogen (secondary N) is 1. The Labute approximate surface area is 157 Å². The highest BCUT2D eigenvalue weighted by Crippen LogP contribution is 2.21. The lowest BCUT2D eigenvalue weighted by atomic mass is 10.1. The molecule has 0 unspecified atom stereocenters. The summed E-state index contributed by atoms with van der Waals surface area (Å²) in [6, 6.07) is 16.5. The monoisotopic (exact) mass is 376 g/mol. The number of carbonyl (C=O) groups is 2. The van der Waals surface area contributed by atoms with Gasteiger partial charge in [-0.15, -0.1) is 11.8 Å². The molecular formula is C19H21ClN2O2S. The summed E-state index contributed by atoms with van der Waals surface area (Å²) in [4.78, 5) is 27.4. The van der Waals surface area contributed by atoms with Gasteiger partial charge in [-0.2, -0.15) is 0 Å². The topological polar surface area (TPSA) is 49.4 Å². The van der Waals surface area contributed by atoms with Crippen molar-refractivity contribution >= 4 is 35.2 Å². The van der Waals surface area contributed by atoms with E-state index in [1.807, 2.05) is 42.5 Å². The van der Waals surface area contributed by atoms with Crippen LogP contribution in [0.15, 0.2) is 59.5 Å². The summed E-state index contributed by atoms with van der Waals surface area (Å²) < 4.78 is 0. The van der Waals surface area contributed by atoms with Gasteiger partial charge < -0.3 is 10.2 Å². The fourth-order valence-corrected chi connectivity index (χ4v) is 3.24. The van der Waals surface area contributed by atoms with Gasteiger partial charge in [-0.3, -0.25) is 9.59 Å². The number of amides is 2. The molecule has 2 rings (SSSR count). The third kappa shape index (κ3) is 5.80. The second kappa shape index (κ2) is 9.49. The number of thioether (sulfide) groups is 1. The summed E-state index contributed by atoms with van der Waals surface area (Å²) >= 11 is 7.31. The molecule has 0 aliphatic heterocycles. The zero-order valence-corrected chi connectivity index (χ0v) is 15.8. The van der Waals surface area contributed by atoms with Crippen molar-refractivity contribution in [2.45, 2.75) is 24.4 Å². The molecule has 2 aromatic carbocycles. The number of rotatable bonds is 7. The first-order chi connectivity index (χ1) is 12.0. The van der Waals surface area contributed by atoms with Gasteiger partial charge in [0.1, 0.15) is 6.04 Å². The summed E-state index contributed by atoms with van der Waals surface area (Å²) in [5, 5.41) is 3.27. The zero-order valence-electron chi connectivity index (χ0n) is 14.2. The van der Waals surface area contributed by atoms with Crippen molar-refractivity contribution in [3.63, 3.8) is 0 Å². The highest BCUT2D eigenvalue weighted by atomic mass is 35.5. The van der Waals surface area contributed by atoms with Crippen molar-refractivity contribution in [3.8, 4) is 0 Å². The van der Waals surface area contributed by atoms with Crippen LogP contribution in [0.1, 0.15) is 12.5 Å². The summed E-state index contributed by atoms with van der Waals surface area (Å²) in [5.41, 5.74) is 0.989. The highest BCUT2D eigenvalue weighted by Gasteiger charge is 2.25. The van der Waals surface area contributed by atoms with Crippen molar-refractivity contribution in [1.82, 2.24) is 10.2 Å². The smallest absolute Gasteiger partial charge is 0.242 e. The number of likely N-dealkylation sites (N-methyl/N-ethyl adjacent to an activating group) is 1. The molecule has 0 aromatic heterocycles. The molecular weight excluding hydrogens is 356 g/mol. The molecule has 2 amide bonds. The second-order valence-electron chi connectivity index (χ2n) is 5.54. The molecule has 1 N–H and O–H groups in total. The van der Waals surface area contributed by atoms with Gasteiger partial charge >= 0.3 is 0 Å². The van der Waals surface area contributed by atoms with Crippen LogP contribution in [-0.4, -0.2) is 35.6 Å². The maximum absolute atomic E-state index is 12.7. The van der Waals surface area contributed by atoms with E-state index in [1.165, 1.54) is 11.8 Å². The van der Waals surface area contributed by atoms with E-state index in [4.69, 9.17) is 11.6 Å². The van der Waals surface area contributed by atoms with E-state index in [0.717, 1.165) is 10.5 Å². The zero-order chi connectivity index (χ0) is 18.2. The van der Waals surface area contributed by atoms with Gasteiger partial charge in [-0.1, -0.05) is 41.9 Å². The van der Waals surface area contributed by atoms with Gasteiger partial charge in [0.05, 0.1) is 5.75 Å². The average Bonchev–Trinajstić information content (AvgIpc) is 2.65. The van der Waals surface area contributed by atoms with Gasteiger partial charge in [0, 0.05) is 23.5 Å². The van der Waals surface area contributed by atoms with E-state index in [2.05, 4.69) is 5.32 Å². The highest BCUT2D eigenvalue weighted by molar-refractivity contribution is 8.00. The Hall–Kier alpha value is -1.98. The number of halogens is 1. The standard InChI is InChI=1S/C19H21ClN2O2S/c1-14(19(24)21-2)22(12-15-6-4-3-5-7-15)18(23)13-25-17-10-8-16(20)9-11-17/h3-11,14H,12-13H2,1-2H3,(H,21,24)/t14-/m1/s1. The maximum Gasteiger partial charge on any atom is 0.242 e. The molecule has 2 aromatic rings. The third-order valence-corrected chi connectivity index (χ3v) is 5.03. The molecule has 0 fully saturated rings. The fraction of sp³-hybridized carbons (Fsp3) is 0.263. The Morgan fingerprint density at radius 3 is 2.36 bits per heavy atom. The Bertz CT molecular complexity index is 707. The maximum atomic E-state index is 12.7. The molecule has 0 saturated carbocycles. The lowest BCUT2D eigenvalue weighted by Crippen LogP contribution is -2.47. The Morgan fingerprint density at radius 1 is 1.12 bits per heavy atom. The number of hydrogen-bond donors (Lipinski definition) is 1. The van der Waals surface area contributed by atoms with Gasteiger partial charge in [0.2, 0.25) is 11.8 Å². The molecule has 0 bridgehead atoms. The third-order valence-electron chi connectivity index (χ3n) is 3.79. The summed E-state index contributed by atoms with van der Waals surface area (Å²) in [7, 11) is 1.58. The van der Waals surface area contributed by atoms with Crippen LogP contribution in [0.3, 0.4) is 0 Å². The van der Waals surface area contributed by atoms with Crippen LogP contribution in [0.5, 0.6) is 0 Å². The van der Waals surface area contributed by atoms with Gasteiger partial charge in [-0.05, 0) is 36.8 Å². The Morgan fingerprint density at radius 2 is 1.76 bits per heavy atom. The van der Waals surface area contributed by atoms with Crippen LogP contribution >= 0.6 is 23.4 Å². The Balaban J connectivity index is 2.08. The molecule has 1 atom stereocenters. The van der Waals surface area contributed by atoms with Crippen LogP contribution in [0, 0.1) is 0 Å². The molecule has 0 aliphatic rings. The van der Waals surface area contributed by atoms with Crippen molar-refractivity contribution in [2.75, 3.05) is 12.8 Å². The normalized spacial score (nSPS) is 11.6. The second-order valence-corrected chi connectivity index (χ2v) is 7.03. The summed E-state index contributed by atoms with van der Waals surface area (Å²) in [6.07, 6.45) is 0. The number of hydrogen-bond acceptors (Lipinski definition) is 3. The molecule has 0 saturated heterocycles. The minimum atomic E-state index is -0.538. The van der Waals surface area contributed by atoms with Crippen molar-refractivity contribution < 1.29 is 9.59 Å². The van der Waals surface area contributed by atoms with Crippen molar-refractivity contribution in [3.05, 3.63) is 65.2 Å². The lowest BCUT2D eigenvalue weighted by molar-refractivity contribution is -0.138. The number of benzene rings is 2. The summed E-state index contributed by atoms with van der Waals surface area (Å²) in [6.45, 7) is 2.14. The SMILES string of the molecule is CNC(=O)[C@@H](C)N(Cc1ccccc1)C(=O)CSc1ccc(Cl)cc1. The molecule has 0 spiro atoms. The van der Waals surface area contributed by atoms with E-state index in [1.54, 1.807) is 31.0 Å². The fourth-order valence-electron chi connectivity index (χ4n) is 2.33. The average molecular weight is 377 g/mol. The molecule has 25 heavy (non-hydrogen) atoms. The minimum absolute atomic E-state index is 0.0834. The minimum Gasteiger partial charge on any atom is -0.357 e. The van der Waals surface area contributed by atoms with E-state index in [9.17, 15) is 9.59 Å². The van der Waals surface area contributed by atoms with Crippen molar-refractivity contribution in [2.24, 2.45) is 0 Å². The van der Waals surface area contributed by atoms with Crippen LogP contribution in [0.4, 0.5) is 0 Å². The van der Waals surface area contributed by atoms with Crippen LogP contribution in [0.25, 0.3) is 0 Å². The molecule has 0 radical (unpaired) electrons. The van der Waals surface area contributed by atoms with E-state index in [0.29, 0.717) is 11.6 Å². The molecule has 0 aliphatic carbocycles. The van der Waals surface area contributed by atoms with E-state index in [-0.39, 0.29) is 17.6 Å². The van der Waals surface area contributed by atoms with Gasteiger partial charge in [0.15, 0.2) is 0 Å². The lowest BCUT2D eigenvalue weighted by Gasteiger charge is -2.28. The molecule has 132 valence electrons. The number of nitrogens with zero attached hydrogens (tertiary/aromatic N) is 1. The quantitative estimate of drug-likeness (QED) is 0.751. The van der Waals surface area contributed by atoms with Crippen molar-refractivity contribution in [1.29, 1.82) is 0 Å². The van der Waals surface area contributed by atoms with Crippen LogP contribution in [0.2, 0.25) is 5.02 Å². The molecule has 4 nitrogen and oxygen atoms in total. The largest absolute Gasteiger partial charge is 0.357 e. The van der Waals surface area contributed by atoms with E-state index < -0.39 is 6.04 Å². The Kier molecular flexibility index (Phi) is 7.34. The summed E-state index contributed by atoms with van der Waals surface area (Å²) in [5.74, 6) is -0.00354. The van der Waals surface area contributed by atoms with Crippen LogP contribution < -0.4 is 5.32 Å². The first-order valence-corrected chi connectivity index (χ1v) is 9.31. The molecule has 0 heterocycles. The van der Waals surface area contributed by atoms with E-state index >= 15 is 0 Å².